The van der Waals surface area contributed by atoms with E-state index in [1.54, 1.807) is 14.1 Å². The molecule has 2 heterocycles. The van der Waals surface area contributed by atoms with E-state index < -0.39 is 5.69 Å². The number of nitrogens with zero attached hydrogens (tertiary/aromatic N) is 3. The second-order valence-electron chi connectivity index (χ2n) is 3.69. The summed E-state index contributed by atoms with van der Waals surface area (Å²) < 4.78 is 3.91. The molecule has 0 atom stereocenters. The van der Waals surface area contributed by atoms with Crippen LogP contribution in [-0.2, 0) is 21.1 Å². The molecule has 16 heavy (non-hydrogen) atoms. The molecule has 0 fully saturated rings. The molecule has 0 unspecified atom stereocenters. The Morgan fingerprint density at radius 3 is 2.25 bits per heavy atom. The average molecular weight is 221 g/mol. The quantitative estimate of drug-likeness (QED) is 0.603. The molecule has 0 saturated carbocycles. The lowest BCUT2D eigenvalue weighted by molar-refractivity contribution is 0.111. The topological polar surface area (TPSA) is 66.0 Å². The van der Waals surface area contributed by atoms with Gasteiger partial charge in [-0.05, 0) is 6.07 Å². The van der Waals surface area contributed by atoms with Gasteiger partial charge in [0.05, 0.1) is 11.1 Å². The predicted molar refractivity (Wildman–Crippen MR) is 58.8 cm³/mol. The van der Waals surface area contributed by atoms with Gasteiger partial charge in [0.15, 0.2) is 6.29 Å². The zero-order valence-electron chi connectivity index (χ0n) is 9.22. The first-order chi connectivity index (χ1) is 7.49. The molecule has 0 amide bonds. The summed E-state index contributed by atoms with van der Waals surface area (Å²) in [6.07, 6.45) is 0.657. The van der Waals surface area contributed by atoms with Crippen molar-refractivity contribution in [3.8, 4) is 0 Å². The summed E-state index contributed by atoms with van der Waals surface area (Å²) >= 11 is 0. The molecule has 0 spiro atoms. The third kappa shape index (κ3) is 1.09. The van der Waals surface area contributed by atoms with Crippen LogP contribution >= 0.6 is 0 Å². The minimum atomic E-state index is -0.406. The van der Waals surface area contributed by atoms with Crippen LogP contribution in [0.3, 0.4) is 0 Å². The van der Waals surface area contributed by atoms with E-state index in [0.717, 1.165) is 4.57 Å². The molecular formula is C10H11N3O3. The number of fused-ring (bicyclic) bond motifs is 1. The maximum absolute atomic E-state index is 11.8. The largest absolute Gasteiger partial charge is 0.332 e. The van der Waals surface area contributed by atoms with Gasteiger partial charge in [-0.15, -0.1) is 0 Å². The number of rotatable bonds is 1. The summed E-state index contributed by atoms with van der Waals surface area (Å²) in [6, 6.07) is 1.49. The Hall–Kier alpha value is -2.11. The molecule has 0 aliphatic heterocycles. The lowest BCUT2D eigenvalue weighted by Gasteiger charge is -2.06. The second kappa shape index (κ2) is 3.19. The monoisotopic (exact) mass is 221 g/mol. The molecule has 0 N–H and O–H groups in total. The van der Waals surface area contributed by atoms with Crippen LogP contribution < -0.4 is 11.2 Å². The molecule has 2 aromatic heterocycles. The van der Waals surface area contributed by atoms with Crippen molar-refractivity contribution >= 4 is 17.3 Å². The molecule has 2 aromatic rings. The Labute approximate surface area is 90.3 Å². The fourth-order valence-electron chi connectivity index (χ4n) is 1.87. The van der Waals surface area contributed by atoms with E-state index in [2.05, 4.69) is 0 Å². The van der Waals surface area contributed by atoms with Crippen molar-refractivity contribution in [1.82, 2.24) is 13.7 Å². The maximum atomic E-state index is 11.8. The SMILES string of the molecule is Cn1c(=O)c2cc(C=O)n(C)c2n(C)c1=O. The molecule has 6 nitrogen and oxygen atoms in total. The Morgan fingerprint density at radius 2 is 1.69 bits per heavy atom. The van der Waals surface area contributed by atoms with Gasteiger partial charge < -0.3 is 4.57 Å². The standard InChI is InChI=1S/C10H11N3O3/c1-11-6(5-14)4-7-8(11)12(2)10(16)13(3)9(7)15/h4-5H,1-3H3. The van der Waals surface area contributed by atoms with Gasteiger partial charge >= 0.3 is 5.69 Å². The van der Waals surface area contributed by atoms with Crippen molar-refractivity contribution in [3.05, 3.63) is 32.6 Å². The number of aldehydes is 1. The van der Waals surface area contributed by atoms with Gasteiger partial charge in [0, 0.05) is 21.1 Å². The number of carbonyl (C=O) groups excluding carboxylic acids is 1. The summed E-state index contributed by atoms with van der Waals surface area (Å²) in [5.41, 5.74) is 0.0291. The number of aryl methyl sites for hydroxylation is 2. The molecule has 6 heteroatoms. The van der Waals surface area contributed by atoms with E-state index in [-0.39, 0.29) is 5.56 Å². The van der Waals surface area contributed by atoms with Crippen LogP contribution in [0.5, 0.6) is 0 Å². The smallest absolute Gasteiger partial charge is 0.327 e. The van der Waals surface area contributed by atoms with Crippen molar-refractivity contribution in [3.63, 3.8) is 0 Å². The third-order valence-corrected chi connectivity index (χ3v) is 2.79. The molecule has 0 saturated heterocycles. The second-order valence-corrected chi connectivity index (χ2v) is 3.69. The van der Waals surface area contributed by atoms with Crippen LogP contribution in [0.2, 0.25) is 0 Å². The summed E-state index contributed by atoms with van der Waals surface area (Å²) in [6.45, 7) is 0. The molecule has 0 aromatic carbocycles. The number of hydrogen-bond donors (Lipinski definition) is 0. The van der Waals surface area contributed by atoms with Crippen molar-refractivity contribution in [2.75, 3.05) is 0 Å². The first kappa shape index (κ1) is 10.4. The van der Waals surface area contributed by atoms with Gasteiger partial charge in [-0.3, -0.25) is 18.7 Å². The zero-order chi connectivity index (χ0) is 12.0. The van der Waals surface area contributed by atoms with E-state index >= 15 is 0 Å². The highest BCUT2D eigenvalue weighted by molar-refractivity contribution is 5.86. The lowest BCUT2D eigenvalue weighted by Crippen LogP contribution is -2.37. The Bertz CT molecular complexity index is 703. The number of aromatic nitrogens is 3. The molecule has 0 radical (unpaired) electrons. The van der Waals surface area contributed by atoms with Gasteiger partial charge in [0.25, 0.3) is 5.56 Å². The van der Waals surface area contributed by atoms with Crippen LogP contribution in [0, 0.1) is 0 Å². The van der Waals surface area contributed by atoms with Gasteiger partial charge in [-0.25, -0.2) is 4.79 Å². The van der Waals surface area contributed by atoms with Gasteiger partial charge in [0.1, 0.15) is 5.65 Å². The lowest BCUT2D eigenvalue weighted by atomic mass is 10.3. The first-order valence-corrected chi connectivity index (χ1v) is 4.69. The van der Waals surface area contributed by atoms with Gasteiger partial charge in [-0.1, -0.05) is 0 Å². The summed E-state index contributed by atoms with van der Waals surface area (Å²) in [5, 5.41) is 0.370. The highest BCUT2D eigenvalue weighted by Gasteiger charge is 2.14. The predicted octanol–water partition coefficient (Wildman–Crippen LogP) is -0.612. The van der Waals surface area contributed by atoms with Crippen molar-refractivity contribution in [2.45, 2.75) is 0 Å². The normalized spacial score (nSPS) is 10.9. The molecule has 0 aliphatic rings. The minimum absolute atomic E-state index is 0.369. The maximum Gasteiger partial charge on any atom is 0.332 e. The molecular weight excluding hydrogens is 210 g/mol. The highest BCUT2D eigenvalue weighted by Crippen LogP contribution is 2.11. The van der Waals surface area contributed by atoms with Crippen molar-refractivity contribution in [2.24, 2.45) is 21.1 Å². The van der Waals surface area contributed by atoms with Gasteiger partial charge in [-0.2, -0.15) is 0 Å². The first-order valence-electron chi connectivity index (χ1n) is 4.69. The summed E-state index contributed by atoms with van der Waals surface area (Å²) in [4.78, 5) is 34.3. The zero-order valence-corrected chi connectivity index (χ0v) is 9.22. The van der Waals surface area contributed by atoms with Crippen LogP contribution in [0.25, 0.3) is 11.0 Å². The highest BCUT2D eigenvalue weighted by atomic mass is 16.2. The van der Waals surface area contributed by atoms with E-state index in [4.69, 9.17) is 0 Å². The Balaban J connectivity index is 3.19. The molecule has 2 rings (SSSR count). The van der Waals surface area contributed by atoms with Crippen molar-refractivity contribution < 1.29 is 4.79 Å². The van der Waals surface area contributed by atoms with E-state index in [0.29, 0.717) is 23.0 Å². The van der Waals surface area contributed by atoms with Crippen LogP contribution in [0.4, 0.5) is 0 Å². The fraction of sp³-hybridized carbons (Fsp3) is 0.300. The average Bonchev–Trinajstić information content (AvgIpc) is 2.61. The van der Waals surface area contributed by atoms with Crippen LogP contribution in [-0.4, -0.2) is 20.0 Å². The van der Waals surface area contributed by atoms with Crippen LogP contribution in [0.1, 0.15) is 10.5 Å². The Kier molecular flexibility index (Phi) is 2.08. The van der Waals surface area contributed by atoms with E-state index in [9.17, 15) is 14.4 Å². The van der Waals surface area contributed by atoms with Gasteiger partial charge in [0.2, 0.25) is 0 Å². The minimum Gasteiger partial charge on any atom is -0.327 e. The molecule has 0 aliphatic carbocycles. The van der Waals surface area contributed by atoms with Crippen LogP contribution in [0.15, 0.2) is 15.7 Å². The summed E-state index contributed by atoms with van der Waals surface area (Å²) in [5.74, 6) is 0. The summed E-state index contributed by atoms with van der Waals surface area (Å²) in [7, 11) is 4.63. The third-order valence-electron chi connectivity index (χ3n) is 2.79. The Morgan fingerprint density at radius 1 is 1.06 bits per heavy atom. The number of hydrogen-bond acceptors (Lipinski definition) is 3. The van der Waals surface area contributed by atoms with E-state index in [1.807, 2.05) is 0 Å². The van der Waals surface area contributed by atoms with E-state index in [1.165, 1.54) is 22.2 Å². The molecule has 84 valence electrons. The number of carbonyl (C=O) groups is 1. The molecule has 0 bridgehead atoms. The van der Waals surface area contributed by atoms with Crippen molar-refractivity contribution in [1.29, 1.82) is 0 Å². The fourth-order valence-corrected chi connectivity index (χ4v) is 1.87.